The van der Waals surface area contributed by atoms with Crippen LogP contribution in [0.2, 0.25) is 0 Å². The Morgan fingerprint density at radius 1 is 1.14 bits per heavy atom. The minimum atomic E-state index is -1.40. The molecule has 1 aliphatic rings. The molecule has 0 radical (unpaired) electrons. The van der Waals surface area contributed by atoms with Gasteiger partial charge in [0.05, 0.1) is 0 Å². The molecule has 2 nitrogen and oxygen atoms in total. The van der Waals surface area contributed by atoms with Crippen molar-refractivity contribution in [2.45, 2.75) is 12.5 Å². The third-order valence-electron chi connectivity index (χ3n) is 3.41. The van der Waals surface area contributed by atoms with Gasteiger partial charge >= 0.3 is 0 Å². The maximum absolute atomic E-state index is 13.9. The zero-order valence-electron chi connectivity index (χ0n) is 11.4. The van der Waals surface area contributed by atoms with Crippen LogP contribution in [0.1, 0.15) is 18.0 Å². The van der Waals surface area contributed by atoms with Gasteiger partial charge in [0.1, 0.15) is 0 Å². The van der Waals surface area contributed by atoms with Gasteiger partial charge in [-0.25, -0.2) is 13.2 Å². The minimum Gasteiger partial charge on any atom is -0.314 e. The molecular weight excluding hydrogens is 324 g/mol. The van der Waals surface area contributed by atoms with Crippen molar-refractivity contribution < 1.29 is 13.2 Å². The molecule has 0 unspecified atom stereocenters. The van der Waals surface area contributed by atoms with Gasteiger partial charge in [0.15, 0.2) is 17.5 Å². The SMILES string of the molecule is C=CC[C@H](c1ccc(F)c(F)c1F)N1CCNCC1.Cl.Cl. The summed E-state index contributed by atoms with van der Waals surface area (Å²) >= 11 is 0. The molecule has 0 aliphatic carbocycles. The molecule has 7 heteroatoms. The molecule has 0 bridgehead atoms. The Balaban J connectivity index is 0.00000200. The van der Waals surface area contributed by atoms with Gasteiger partial charge in [0, 0.05) is 37.8 Å². The van der Waals surface area contributed by atoms with Crippen LogP contribution >= 0.6 is 24.8 Å². The molecule has 0 spiro atoms. The summed E-state index contributed by atoms with van der Waals surface area (Å²) in [6.45, 7) is 6.76. The summed E-state index contributed by atoms with van der Waals surface area (Å²) in [4.78, 5) is 2.06. The molecule has 1 saturated heterocycles. The first-order valence-electron chi connectivity index (χ1n) is 6.34. The van der Waals surface area contributed by atoms with Crippen LogP contribution in [-0.4, -0.2) is 31.1 Å². The van der Waals surface area contributed by atoms with Gasteiger partial charge in [-0.2, -0.15) is 0 Å². The smallest absolute Gasteiger partial charge is 0.194 e. The molecule has 1 N–H and O–H groups in total. The Kier molecular flexibility index (Phi) is 8.97. The summed E-state index contributed by atoms with van der Waals surface area (Å²) in [5.41, 5.74) is 0.195. The summed E-state index contributed by atoms with van der Waals surface area (Å²) in [7, 11) is 0. The van der Waals surface area contributed by atoms with Crippen molar-refractivity contribution in [3.63, 3.8) is 0 Å². The first kappa shape index (κ1) is 20.2. The Bertz CT molecular complexity index is 466. The molecule has 120 valence electrons. The maximum atomic E-state index is 13.9. The standard InChI is InChI=1S/C14H17F3N2.2ClH/c1-2-3-12(19-8-6-18-7-9-19)10-4-5-11(15)14(17)13(10)16;;/h2,4-5,12,18H,1,3,6-9H2;2*1H/t12-;;/m1../s1. The van der Waals surface area contributed by atoms with Crippen molar-refractivity contribution in [3.05, 3.63) is 47.8 Å². The molecular formula is C14H19Cl2F3N2. The predicted octanol–water partition coefficient (Wildman–Crippen LogP) is 3.47. The van der Waals surface area contributed by atoms with E-state index in [1.807, 2.05) is 0 Å². The summed E-state index contributed by atoms with van der Waals surface area (Å²) in [5.74, 6) is -3.65. The van der Waals surface area contributed by atoms with Crippen LogP contribution < -0.4 is 5.32 Å². The van der Waals surface area contributed by atoms with E-state index in [1.165, 1.54) is 6.07 Å². The fourth-order valence-corrected chi connectivity index (χ4v) is 2.42. The zero-order chi connectivity index (χ0) is 13.8. The van der Waals surface area contributed by atoms with E-state index in [4.69, 9.17) is 0 Å². The molecule has 21 heavy (non-hydrogen) atoms. The highest BCUT2D eigenvalue weighted by Gasteiger charge is 2.26. The first-order chi connectivity index (χ1) is 9.15. The zero-order valence-corrected chi connectivity index (χ0v) is 13.1. The lowest BCUT2D eigenvalue weighted by Gasteiger charge is -2.35. The second-order valence-corrected chi connectivity index (χ2v) is 4.59. The number of benzene rings is 1. The van der Waals surface area contributed by atoms with Crippen molar-refractivity contribution in [1.29, 1.82) is 0 Å². The van der Waals surface area contributed by atoms with Crippen molar-refractivity contribution in [2.75, 3.05) is 26.2 Å². The second-order valence-electron chi connectivity index (χ2n) is 4.59. The fourth-order valence-electron chi connectivity index (χ4n) is 2.42. The average molecular weight is 343 g/mol. The van der Waals surface area contributed by atoms with Gasteiger partial charge in [-0.1, -0.05) is 12.1 Å². The molecule has 1 fully saturated rings. The normalized spacial score (nSPS) is 16.5. The number of nitrogens with zero attached hydrogens (tertiary/aromatic N) is 1. The highest BCUT2D eigenvalue weighted by molar-refractivity contribution is 5.85. The van der Waals surface area contributed by atoms with Gasteiger partial charge in [-0.15, -0.1) is 31.4 Å². The van der Waals surface area contributed by atoms with E-state index < -0.39 is 17.5 Å². The number of piperazine rings is 1. The second kappa shape index (κ2) is 9.30. The Hall–Kier alpha value is -0.750. The van der Waals surface area contributed by atoms with E-state index >= 15 is 0 Å². The fraction of sp³-hybridized carbons (Fsp3) is 0.429. The number of nitrogens with one attached hydrogen (secondary N) is 1. The molecule has 0 aromatic heterocycles. The molecule has 1 heterocycles. The lowest BCUT2D eigenvalue weighted by atomic mass is 10.00. The quantitative estimate of drug-likeness (QED) is 0.665. The minimum absolute atomic E-state index is 0. The van der Waals surface area contributed by atoms with Crippen LogP contribution in [0.25, 0.3) is 0 Å². The van der Waals surface area contributed by atoms with Gasteiger partial charge in [0.25, 0.3) is 0 Å². The summed E-state index contributed by atoms with van der Waals surface area (Å²) in [5, 5.41) is 3.20. The Labute approximate surface area is 135 Å². The van der Waals surface area contributed by atoms with Crippen LogP contribution in [0.3, 0.4) is 0 Å². The number of hydrogen-bond donors (Lipinski definition) is 1. The molecule has 2 rings (SSSR count). The first-order valence-corrected chi connectivity index (χ1v) is 6.34. The highest BCUT2D eigenvalue weighted by atomic mass is 35.5. The van der Waals surface area contributed by atoms with Crippen LogP contribution in [0, 0.1) is 17.5 Å². The number of hydrogen-bond acceptors (Lipinski definition) is 2. The lowest BCUT2D eigenvalue weighted by molar-refractivity contribution is 0.170. The van der Waals surface area contributed by atoms with E-state index in [1.54, 1.807) is 6.08 Å². The van der Waals surface area contributed by atoms with E-state index in [0.717, 1.165) is 32.2 Å². The van der Waals surface area contributed by atoms with Gasteiger partial charge < -0.3 is 5.32 Å². The van der Waals surface area contributed by atoms with Crippen LogP contribution in [0.15, 0.2) is 24.8 Å². The van der Waals surface area contributed by atoms with Crippen molar-refractivity contribution in [1.82, 2.24) is 10.2 Å². The molecule has 1 atom stereocenters. The summed E-state index contributed by atoms with van der Waals surface area (Å²) in [6, 6.07) is 2.00. The Morgan fingerprint density at radius 2 is 1.76 bits per heavy atom. The van der Waals surface area contributed by atoms with E-state index in [0.29, 0.717) is 6.42 Å². The molecule has 1 aliphatic heterocycles. The van der Waals surface area contributed by atoms with E-state index in [2.05, 4.69) is 16.8 Å². The number of rotatable bonds is 4. The van der Waals surface area contributed by atoms with Gasteiger partial charge in [-0.05, 0) is 12.5 Å². The maximum Gasteiger partial charge on any atom is 0.194 e. The van der Waals surface area contributed by atoms with Crippen molar-refractivity contribution in [3.8, 4) is 0 Å². The predicted molar refractivity (Wildman–Crippen MR) is 82.8 cm³/mol. The average Bonchev–Trinajstić information content (AvgIpc) is 2.44. The number of halogens is 5. The molecule has 1 aromatic rings. The van der Waals surface area contributed by atoms with Gasteiger partial charge in [0.2, 0.25) is 0 Å². The van der Waals surface area contributed by atoms with Gasteiger partial charge in [-0.3, -0.25) is 4.90 Å². The van der Waals surface area contributed by atoms with E-state index in [-0.39, 0.29) is 36.4 Å². The van der Waals surface area contributed by atoms with E-state index in [9.17, 15) is 13.2 Å². The molecule has 0 amide bonds. The third kappa shape index (κ3) is 4.61. The third-order valence-corrected chi connectivity index (χ3v) is 3.41. The molecule has 0 saturated carbocycles. The van der Waals surface area contributed by atoms with Crippen LogP contribution in [0.5, 0.6) is 0 Å². The van der Waals surface area contributed by atoms with Crippen molar-refractivity contribution in [2.24, 2.45) is 0 Å². The van der Waals surface area contributed by atoms with Crippen LogP contribution in [0.4, 0.5) is 13.2 Å². The Morgan fingerprint density at radius 3 is 2.33 bits per heavy atom. The largest absolute Gasteiger partial charge is 0.314 e. The molecule has 1 aromatic carbocycles. The summed E-state index contributed by atoms with van der Waals surface area (Å²) < 4.78 is 40.2. The highest BCUT2D eigenvalue weighted by Crippen LogP contribution is 2.29. The summed E-state index contributed by atoms with van der Waals surface area (Å²) in [6.07, 6.45) is 2.18. The lowest BCUT2D eigenvalue weighted by Crippen LogP contribution is -2.45. The monoisotopic (exact) mass is 342 g/mol. The van der Waals surface area contributed by atoms with Crippen molar-refractivity contribution >= 4 is 24.8 Å². The van der Waals surface area contributed by atoms with Crippen LogP contribution in [-0.2, 0) is 0 Å². The topological polar surface area (TPSA) is 15.3 Å².